The highest BCUT2D eigenvalue weighted by molar-refractivity contribution is 5.86. The van der Waals surface area contributed by atoms with E-state index in [0.717, 1.165) is 25.7 Å². The second-order valence-corrected chi connectivity index (χ2v) is 5.13. The zero-order chi connectivity index (χ0) is 15.1. The number of carboxylic acid groups (broad SMARTS) is 2. The van der Waals surface area contributed by atoms with Gasteiger partial charge in [0.15, 0.2) is 0 Å². The molecule has 114 valence electrons. The predicted octanol–water partition coefficient (Wildman–Crippen LogP) is 1.14. The minimum atomic E-state index is -1.38. The first-order chi connectivity index (χ1) is 9.43. The number of hydrogen-bond donors (Lipinski definition) is 3. The number of hydrogen-bond acceptors (Lipinski definition) is 3. The van der Waals surface area contributed by atoms with Gasteiger partial charge in [0, 0.05) is 13.1 Å². The molecule has 0 radical (unpaired) electrons. The summed E-state index contributed by atoms with van der Waals surface area (Å²) in [7, 11) is 0. The van der Waals surface area contributed by atoms with Gasteiger partial charge in [0.05, 0.1) is 6.42 Å². The summed E-state index contributed by atoms with van der Waals surface area (Å²) < 4.78 is 0. The number of urea groups is 1. The van der Waals surface area contributed by atoms with Crippen LogP contribution in [0.25, 0.3) is 0 Å². The molecular weight excluding hydrogens is 264 g/mol. The molecule has 1 fully saturated rings. The summed E-state index contributed by atoms with van der Waals surface area (Å²) in [6.07, 6.45) is 3.32. The molecule has 0 saturated carbocycles. The summed E-state index contributed by atoms with van der Waals surface area (Å²) in [5.41, 5.74) is 0. The van der Waals surface area contributed by atoms with E-state index in [4.69, 9.17) is 10.2 Å². The zero-order valence-corrected chi connectivity index (χ0v) is 11.7. The molecule has 3 N–H and O–H groups in total. The maximum Gasteiger partial charge on any atom is 0.326 e. The van der Waals surface area contributed by atoms with Gasteiger partial charge in [-0.25, -0.2) is 9.59 Å². The van der Waals surface area contributed by atoms with Gasteiger partial charge in [0.25, 0.3) is 0 Å². The van der Waals surface area contributed by atoms with E-state index >= 15 is 0 Å². The van der Waals surface area contributed by atoms with E-state index < -0.39 is 30.4 Å². The van der Waals surface area contributed by atoms with Crippen LogP contribution in [-0.2, 0) is 9.59 Å². The van der Waals surface area contributed by atoms with E-state index in [-0.39, 0.29) is 0 Å². The number of carbonyl (C=O) groups is 3. The normalized spacial score (nSPS) is 20.9. The van der Waals surface area contributed by atoms with Crippen molar-refractivity contribution in [3.8, 4) is 0 Å². The van der Waals surface area contributed by atoms with Crippen LogP contribution in [0.15, 0.2) is 0 Å². The molecular formula is C13H22N2O5. The van der Waals surface area contributed by atoms with Crippen LogP contribution in [0.5, 0.6) is 0 Å². The van der Waals surface area contributed by atoms with Crippen LogP contribution in [0.3, 0.4) is 0 Å². The highest BCUT2D eigenvalue weighted by Gasteiger charge is 2.26. The topological polar surface area (TPSA) is 107 Å². The lowest BCUT2D eigenvalue weighted by molar-refractivity contribution is -0.145. The van der Waals surface area contributed by atoms with Crippen molar-refractivity contribution < 1.29 is 24.6 Å². The van der Waals surface area contributed by atoms with Gasteiger partial charge in [-0.3, -0.25) is 4.79 Å². The third kappa shape index (κ3) is 5.07. The maximum atomic E-state index is 12.0. The van der Waals surface area contributed by atoms with Crippen LogP contribution in [0, 0.1) is 5.92 Å². The smallest absolute Gasteiger partial charge is 0.326 e. The van der Waals surface area contributed by atoms with Crippen molar-refractivity contribution in [3.63, 3.8) is 0 Å². The molecule has 20 heavy (non-hydrogen) atoms. The lowest BCUT2D eigenvalue weighted by Gasteiger charge is -2.23. The van der Waals surface area contributed by atoms with Gasteiger partial charge >= 0.3 is 18.0 Å². The molecule has 1 rings (SSSR count). The number of nitrogens with one attached hydrogen (secondary N) is 1. The summed E-state index contributed by atoms with van der Waals surface area (Å²) in [5.74, 6) is -1.98. The lowest BCUT2D eigenvalue weighted by atomic mass is 9.98. The molecule has 2 atom stereocenters. The molecule has 1 aliphatic heterocycles. The molecule has 0 aromatic rings. The Bertz CT molecular complexity index is 372. The largest absolute Gasteiger partial charge is 0.481 e. The Morgan fingerprint density at radius 2 is 1.95 bits per heavy atom. The Morgan fingerprint density at radius 1 is 1.25 bits per heavy atom. The number of amides is 2. The van der Waals surface area contributed by atoms with E-state index in [2.05, 4.69) is 12.2 Å². The summed E-state index contributed by atoms with van der Waals surface area (Å²) in [6.45, 7) is 3.29. The minimum absolute atomic E-state index is 0.490. The fourth-order valence-electron chi connectivity index (χ4n) is 2.39. The Balaban J connectivity index is 2.55. The van der Waals surface area contributed by atoms with Crippen LogP contribution in [0.1, 0.15) is 39.0 Å². The summed E-state index contributed by atoms with van der Waals surface area (Å²) in [5, 5.41) is 19.8. The first-order valence-electron chi connectivity index (χ1n) is 6.94. The van der Waals surface area contributed by atoms with Crippen molar-refractivity contribution in [1.29, 1.82) is 0 Å². The average molecular weight is 286 g/mol. The molecule has 2 amide bonds. The Hall–Kier alpha value is -1.79. The van der Waals surface area contributed by atoms with E-state index in [0.29, 0.717) is 19.0 Å². The third-order valence-corrected chi connectivity index (χ3v) is 3.69. The van der Waals surface area contributed by atoms with Gasteiger partial charge in [-0.2, -0.15) is 0 Å². The monoisotopic (exact) mass is 286 g/mol. The van der Waals surface area contributed by atoms with Crippen molar-refractivity contribution in [2.75, 3.05) is 13.1 Å². The van der Waals surface area contributed by atoms with Crippen molar-refractivity contribution in [2.45, 2.75) is 45.1 Å². The van der Waals surface area contributed by atoms with Crippen molar-refractivity contribution in [1.82, 2.24) is 10.2 Å². The molecule has 0 aromatic carbocycles. The highest BCUT2D eigenvalue weighted by atomic mass is 16.4. The van der Waals surface area contributed by atoms with Crippen LogP contribution in [-0.4, -0.2) is 52.2 Å². The van der Waals surface area contributed by atoms with Crippen LogP contribution >= 0.6 is 0 Å². The van der Waals surface area contributed by atoms with Gasteiger partial charge in [0.1, 0.15) is 6.04 Å². The van der Waals surface area contributed by atoms with Gasteiger partial charge < -0.3 is 20.4 Å². The van der Waals surface area contributed by atoms with Crippen molar-refractivity contribution in [3.05, 3.63) is 0 Å². The van der Waals surface area contributed by atoms with E-state index in [9.17, 15) is 14.4 Å². The predicted molar refractivity (Wildman–Crippen MR) is 71.4 cm³/mol. The highest BCUT2D eigenvalue weighted by Crippen LogP contribution is 2.20. The van der Waals surface area contributed by atoms with Crippen LogP contribution < -0.4 is 5.32 Å². The summed E-state index contributed by atoms with van der Waals surface area (Å²) >= 11 is 0. The second kappa shape index (κ2) is 7.72. The number of carbonyl (C=O) groups excluding carboxylic acids is 1. The lowest BCUT2D eigenvalue weighted by Crippen LogP contribution is -2.49. The summed E-state index contributed by atoms with van der Waals surface area (Å²) in [6, 6.07) is -1.87. The molecule has 0 bridgehead atoms. The third-order valence-electron chi connectivity index (χ3n) is 3.69. The first kappa shape index (κ1) is 16.3. The van der Waals surface area contributed by atoms with Gasteiger partial charge in [-0.05, 0) is 25.2 Å². The van der Waals surface area contributed by atoms with E-state index in [1.54, 1.807) is 4.90 Å². The number of likely N-dealkylation sites (tertiary alicyclic amines) is 1. The van der Waals surface area contributed by atoms with Gasteiger partial charge in [-0.15, -0.1) is 0 Å². The van der Waals surface area contributed by atoms with Crippen LogP contribution in [0.2, 0.25) is 0 Å². The molecule has 1 heterocycles. The Kier molecular flexibility index (Phi) is 6.27. The molecule has 0 spiro atoms. The molecule has 1 aliphatic rings. The molecule has 2 unspecified atom stereocenters. The van der Waals surface area contributed by atoms with Crippen LogP contribution in [0.4, 0.5) is 4.79 Å². The summed E-state index contributed by atoms with van der Waals surface area (Å²) in [4.78, 5) is 35.1. The fraction of sp³-hybridized carbons (Fsp3) is 0.769. The maximum absolute atomic E-state index is 12.0. The molecule has 1 saturated heterocycles. The Morgan fingerprint density at radius 3 is 2.50 bits per heavy atom. The number of carboxylic acids is 2. The van der Waals surface area contributed by atoms with E-state index in [1.807, 2.05) is 0 Å². The molecule has 0 aliphatic carbocycles. The fourth-order valence-corrected chi connectivity index (χ4v) is 2.39. The Labute approximate surface area is 117 Å². The molecule has 0 aromatic heterocycles. The van der Waals surface area contributed by atoms with Crippen molar-refractivity contribution in [2.24, 2.45) is 5.92 Å². The standard InChI is InChI=1S/C13H22N2O5/c1-2-9-4-3-6-15(7-5-9)13(20)14-10(12(18)19)8-11(16)17/h9-10H,2-8H2,1H3,(H,14,20)(H,16,17)(H,18,19). The van der Waals surface area contributed by atoms with E-state index in [1.165, 1.54) is 0 Å². The average Bonchev–Trinajstić information content (AvgIpc) is 2.62. The minimum Gasteiger partial charge on any atom is -0.481 e. The van der Waals surface area contributed by atoms with Crippen molar-refractivity contribution >= 4 is 18.0 Å². The zero-order valence-electron chi connectivity index (χ0n) is 11.7. The van der Waals surface area contributed by atoms with Gasteiger partial charge in [-0.1, -0.05) is 13.3 Å². The first-order valence-corrected chi connectivity index (χ1v) is 6.94. The van der Waals surface area contributed by atoms with Gasteiger partial charge in [0.2, 0.25) is 0 Å². The number of rotatable bonds is 5. The number of nitrogens with zero attached hydrogens (tertiary/aromatic N) is 1. The second-order valence-electron chi connectivity index (χ2n) is 5.13. The quantitative estimate of drug-likeness (QED) is 0.702. The number of aliphatic carboxylic acids is 2. The molecule has 7 heteroatoms. The SMILES string of the molecule is CCC1CCCN(C(=O)NC(CC(=O)O)C(=O)O)CC1. The molecule has 7 nitrogen and oxygen atoms in total.